The number of oxime groups is 1. The van der Waals surface area contributed by atoms with Crippen molar-refractivity contribution in [1.82, 2.24) is 0 Å². The summed E-state index contributed by atoms with van der Waals surface area (Å²) in [5.74, 6) is -1.81. The van der Waals surface area contributed by atoms with Gasteiger partial charge in [-0.05, 0) is 66.6 Å². The summed E-state index contributed by atoms with van der Waals surface area (Å²) in [7, 11) is -3.35. The van der Waals surface area contributed by atoms with E-state index >= 15 is 0 Å². The van der Waals surface area contributed by atoms with Gasteiger partial charge in [-0.15, -0.1) is 4.36 Å². The van der Waals surface area contributed by atoms with Gasteiger partial charge in [0.05, 0.1) is 25.5 Å². The number of carbonyl (C=O) groups is 1. The van der Waals surface area contributed by atoms with Crippen LogP contribution in [0.1, 0.15) is 33.5 Å². The van der Waals surface area contributed by atoms with E-state index in [0.29, 0.717) is 15.4 Å². The quantitative estimate of drug-likeness (QED) is 0.163. The number of hydrogen-bond donors (Lipinski definition) is 0. The zero-order valence-corrected chi connectivity index (χ0v) is 24.0. The lowest BCUT2D eigenvalue weighted by atomic mass is 9.86. The van der Waals surface area contributed by atoms with Gasteiger partial charge in [0, 0.05) is 17.5 Å². The Kier molecular flexibility index (Phi) is 7.91. The Morgan fingerprint density at radius 1 is 0.929 bits per heavy atom. The predicted octanol–water partition coefficient (Wildman–Crippen LogP) is 8.75. The fourth-order valence-corrected chi connectivity index (χ4v) is 6.90. The molecule has 216 valence electrons. The molecule has 0 bridgehead atoms. The summed E-state index contributed by atoms with van der Waals surface area (Å²) in [4.78, 5) is 19.1. The number of alkyl halides is 3. The molecule has 0 aliphatic carbocycles. The number of nitrogens with zero attached hydrogens (tertiary/aromatic N) is 2. The lowest BCUT2D eigenvalue weighted by Gasteiger charge is -2.29. The maximum absolute atomic E-state index is 14.4. The molecule has 1 amide bonds. The van der Waals surface area contributed by atoms with Crippen molar-refractivity contribution in [2.75, 3.05) is 0 Å². The van der Waals surface area contributed by atoms with E-state index in [-0.39, 0.29) is 16.8 Å². The van der Waals surface area contributed by atoms with Gasteiger partial charge in [-0.3, -0.25) is 4.79 Å². The number of aryl methyl sites for hydroxylation is 1. The van der Waals surface area contributed by atoms with Crippen LogP contribution in [-0.4, -0.2) is 22.0 Å². The highest BCUT2D eigenvalue weighted by molar-refractivity contribution is 7.94. The van der Waals surface area contributed by atoms with Crippen molar-refractivity contribution in [2.24, 2.45) is 9.52 Å². The molecule has 12 heteroatoms. The van der Waals surface area contributed by atoms with Gasteiger partial charge >= 0.3 is 6.18 Å². The first-order valence-corrected chi connectivity index (χ1v) is 14.6. The lowest BCUT2D eigenvalue weighted by Crippen LogP contribution is -2.42. The van der Waals surface area contributed by atoms with Crippen LogP contribution in [0, 0.1) is 12.7 Å². The third-order valence-corrected chi connectivity index (χ3v) is 9.56. The van der Waals surface area contributed by atoms with Crippen LogP contribution in [0.15, 0.2) is 110 Å². The Hall–Kier alpha value is -3.73. The zero-order valence-electron chi connectivity index (χ0n) is 21.7. The third-order valence-electron chi connectivity index (χ3n) is 6.76. The minimum Gasteiger partial charge on any atom is -0.374 e. The Morgan fingerprint density at radius 2 is 1.48 bits per heavy atom. The molecule has 4 aromatic rings. The molecule has 0 fully saturated rings. The molecule has 0 N–H and O–H groups in total. The topological polar surface area (TPSA) is 68.1 Å². The molecule has 0 spiro atoms. The summed E-state index contributed by atoms with van der Waals surface area (Å²) >= 11 is 11.5. The third kappa shape index (κ3) is 5.30. The van der Waals surface area contributed by atoms with Crippen LogP contribution in [0.5, 0.6) is 0 Å². The van der Waals surface area contributed by atoms with Gasteiger partial charge in [0.25, 0.3) is 11.5 Å². The standard InChI is InChI=1S/C30H20Cl2F4N2O3S/c1-18-14-19(26-17-29(41-37-26,30(34,35)36)20-15-24(31)27(33)25(32)16-20)12-13-23(18)28(39)38-42(40,21-8-4-2-5-9-21)22-10-6-3-7-11-22/h2-16H,17H2,1H3. The number of benzene rings is 4. The lowest BCUT2D eigenvalue weighted by molar-refractivity contribution is -0.275. The predicted molar refractivity (Wildman–Crippen MR) is 152 cm³/mol. The second-order valence-corrected chi connectivity index (χ2v) is 12.5. The van der Waals surface area contributed by atoms with Gasteiger partial charge in [-0.2, -0.15) is 13.2 Å². The van der Waals surface area contributed by atoms with E-state index in [1.165, 1.54) is 18.2 Å². The maximum atomic E-state index is 14.4. The van der Waals surface area contributed by atoms with Crippen LogP contribution in [0.4, 0.5) is 17.6 Å². The Labute approximate surface area is 248 Å². The molecule has 1 atom stereocenters. The summed E-state index contributed by atoms with van der Waals surface area (Å²) < 4.78 is 75.4. The average molecular weight is 635 g/mol. The zero-order chi connectivity index (χ0) is 30.3. The summed E-state index contributed by atoms with van der Waals surface area (Å²) in [6.45, 7) is 1.58. The molecule has 4 aromatic carbocycles. The molecular weight excluding hydrogens is 615 g/mol. The van der Waals surface area contributed by atoms with Gasteiger partial charge in [0.2, 0.25) is 0 Å². The highest BCUT2D eigenvalue weighted by Gasteiger charge is 2.62. The van der Waals surface area contributed by atoms with Crippen LogP contribution in [0.2, 0.25) is 10.0 Å². The van der Waals surface area contributed by atoms with Crippen molar-refractivity contribution >= 4 is 44.5 Å². The monoisotopic (exact) mass is 634 g/mol. The van der Waals surface area contributed by atoms with Crippen molar-refractivity contribution < 1.29 is 31.4 Å². The molecular formula is C30H20Cl2F4N2O3S. The molecule has 1 aliphatic rings. The average Bonchev–Trinajstić information content (AvgIpc) is 3.44. The molecule has 0 radical (unpaired) electrons. The Morgan fingerprint density at radius 3 is 1.98 bits per heavy atom. The van der Waals surface area contributed by atoms with Crippen molar-refractivity contribution in [3.8, 4) is 0 Å². The molecule has 0 saturated carbocycles. The fourth-order valence-electron chi connectivity index (χ4n) is 4.55. The molecule has 0 aromatic heterocycles. The van der Waals surface area contributed by atoms with E-state index in [9.17, 15) is 26.6 Å². The second kappa shape index (κ2) is 11.2. The van der Waals surface area contributed by atoms with Crippen molar-refractivity contribution in [2.45, 2.75) is 34.9 Å². The van der Waals surface area contributed by atoms with Crippen LogP contribution in [-0.2, 0) is 20.2 Å². The van der Waals surface area contributed by atoms with E-state index in [2.05, 4.69) is 9.52 Å². The van der Waals surface area contributed by atoms with Gasteiger partial charge in [-0.1, -0.05) is 70.8 Å². The summed E-state index contributed by atoms with van der Waals surface area (Å²) in [5.41, 5.74) is -2.82. The minimum atomic E-state index is -4.97. The van der Waals surface area contributed by atoms with Gasteiger partial charge in [0.15, 0.2) is 5.82 Å². The highest BCUT2D eigenvalue weighted by atomic mass is 35.5. The first kappa shape index (κ1) is 29.8. The fraction of sp³-hybridized carbons (Fsp3) is 0.133. The van der Waals surface area contributed by atoms with Crippen molar-refractivity contribution in [1.29, 1.82) is 0 Å². The van der Waals surface area contributed by atoms with Crippen molar-refractivity contribution in [3.05, 3.63) is 129 Å². The van der Waals surface area contributed by atoms with Gasteiger partial charge in [0.1, 0.15) is 9.73 Å². The highest BCUT2D eigenvalue weighted by Crippen LogP contribution is 2.50. The van der Waals surface area contributed by atoms with Crippen LogP contribution < -0.4 is 0 Å². The first-order valence-electron chi connectivity index (χ1n) is 12.4. The number of amides is 1. The maximum Gasteiger partial charge on any atom is 0.435 e. The first-order chi connectivity index (χ1) is 19.9. The van der Waals surface area contributed by atoms with Gasteiger partial charge < -0.3 is 4.84 Å². The minimum absolute atomic E-state index is 0.0692. The normalized spacial score (nSPS) is 17.0. The van der Waals surface area contributed by atoms with Crippen molar-refractivity contribution in [3.63, 3.8) is 0 Å². The van der Waals surface area contributed by atoms with E-state index in [0.717, 1.165) is 12.1 Å². The molecule has 1 unspecified atom stereocenters. The molecule has 1 aliphatic heterocycles. The summed E-state index contributed by atoms with van der Waals surface area (Å²) in [6, 6.07) is 22.6. The molecule has 5 rings (SSSR count). The van der Waals surface area contributed by atoms with E-state index < -0.39 is 55.3 Å². The summed E-state index contributed by atoms with van der Waals surface area (Å²) in [6.07, 6.45) is -5.73. The Bertz CT molecular complexity index is 1770. The van der Waals surface area contributed by atoms with E-state index in [4.69, 9.17) is 28.0 Å². The molecule has 42 heavy (non-hydrogen) atoms. The molecule has 1 heterocycles. The van der Waals surface area contributed by atoms with Gasteiger partial charge in [-0.25, -0.2) is 8.60 Å². The number of hydrogen-bond acceptors (Lipinski definition) is 4. The van der Waals surface area contributed by atoms with E-state index in [1.807, 2.05) is 0 Å². The molecule has 5 nitrogen and oxygen atoms in total. The second-order valence-electron chi connectivity index (χ2n) is 9.46. The number of halogens is 6. The number of carbonyl (C=O) groups excluding carboxylic acids is 1. The van der Waals surface area contributed by atoms with E-state index in [1.54, 1.807) is 67.6 Å². The van der Waals surface area contributed by atoms with Crippen LogP contribution in [0.25, 0.3) is 0 Å². The SMILES string of the molecule is Cc1cc(C2=NOC(c3cc(Cl)c(F)c(Cl)c3)(C(F)(F)F)C2)ccc1C(=O)N=S(=O)(c1ccccc1)c1ccccc1. The summed E-state index contributed by atoms with van der Waals surface area (Å²) in [5, 5.41) is 2.51. The van der Waals surface area contributed by atoms with Crippen LogP contribution >= 0.6 is 23.2 Å². The van der Waals surface area contributed by atoms with Crippen LogP contribution in [0.3, 0.4) is 0 Å². The smallest absolute Gasteiger partial charge is 0.374 e. The molecule has 0 saturated heterocycles. The number of rotatable bonds is 5. The Balaban J connectivity index is 1.50. The largest absolute Gasteiger partial charge is 0.435 e.